The molecule has 100 valence electrons. The van der Waals surface area contributed by atoms with E-state index in [0.717, 1.165) is 4.47 Å². The van der Waals surface area contributed by atoms with E-state index in [4.69, 9.17) is 16.9 Å². The molecule has 0 saturated carbocycles. The van der Waals surface area contributed by atoms with Crippen LogP contribution in [-0.4, -0.2) is 16.3 Å². The average Bonchev–Trinajstić information content (AvgIpc) is 2.40. The molecular weight excluding hydrogens is 344 g/mol. The van der Waals surface area contributed by atoms with Crippen molar-refractivity contribution in [2.45, 2.75) is 6.92 Å². The molecule has 1 heterocycles. The van der Waals surface area contributed by atoms with Gasteiger partial charge in [0.15, 0.2) is 6.29 Å². The second-order valence-corrected chi connectivity index (χ2v) is 5.14. The zero-order valence-corrected chi connectivity index (χ0v) is 12.7. The lowest BCUT2D eigenvalue weighted by molar-refractivity contribution is 0.112. The van der Waals surface area contributed by atoms with E-state index >= 15 is 0 Å². The minimum absolute atomic E-state index is 0.0746. The molecule has 0 fully saturated rings. The van der Waals surface area contributed by atoms with Crippen LogP contribution in [0.4, 0.5) is 11.5 Å². The van der Waals surface area contributed by atoms with Crippen LogP contribution in [0.1, 0.15) is 21.7 Å². The van der Waals surface area contributed by atoms with Crippen LogP contribution in [0.15, 0.2) is 22.7 Å². The summed E-state index contributed by atoms with van der Waals surface area (Å²) in [6.45, 7) is 1.67. The smallest absolute Gasteiger partial charge is 0.156 e. The maximum Gasteiger partial charge on any atom is 0.156 e. The van der Waals surface area contributed by atoms with E-state index in [9.17, 15) is 4.79 Å². The monoisotopic (exact) mass is 350 g/mol. The van der Waals surface area contributed by atoms with Gasteiger partial charge in [0.1, 0.15) is 22.9 Å². The Morgan fingerprint density at radius 1 is 1.45 bits per heavy atom. The minimum Gasteiger partial charge on any atom is -0.338 e. The summed E-state index contributed by atoms with van der Waals surface area (Å²) < 4.78 is 0.784. The number of aromatic nitrogens is 2. The van der Waals surface area contributed by atoms with Crippen LogP contribution in [0.3, 0.4) is 0 Å². The van der Waals surface area contributed by atoms with Crippen molar-refractivity contribution in [3.05, 3.63) is 44.8 Å². The number of hydrogen-bond acceptors (Lipinski definition) is 5. The maximum absolute atomic E-state index is 11.1. The van der Waals surface area contributed by atoms with Gasteiger partial charge in [-0.1, -0.05) is 27.5 Å². The van der Waals surface area contributed by atoms with Crippen molar-refractivity contribution in [3.63, 3.8) is 0 Å². The SMILES string of the molecule is Cc1nc(Cl)c(C=O)c(Nc2ccc(Br)cc2C#N)n1. The molecule has 2 rings (SSSR count). The molecular formula is C13H8BrClN4O. The lowest BCUT2D eigenvalue weighted by Crippen LogP contribution is -2.04. The van der Waals surface area contributed by atoms with Crippen LogP contribution in [-0.2, 0) is 0 Å². The van der Waals surface area contributed by atoms with E-state index in [2.05, 4.69) is 37.3 Å². The fraction of sp³-hybridized carbons (Fsp3) is 0.0769. The molecule has 2 aromatic rings. The Balaban J connectivity index is 2.50. The normalized spacial score (nSPS) is 9.90. The number of anilines is 2. The molecule has 0 saturated heterocycles. The van der Waals surface area contributed by atoms with Crippen molar-refractivity contribution in [1.29, 1.82) is 5.26 Å². The quantitative estimate of drug-likeness (QED) is 0.675. The molecule has 0 unspecified atom stereocenters. The fourth-order valence-electron chi connectivity index (χ4n) is 1.59. The summed E-state index contributed by atoms with van der Waals surface area (Å²) >= 11 is 9.20. The summed E-state index contributed by atoms with van der Waals surface area (Å²) in [7, 11) is 0. The summed E-state index contributed by atoms with van der Waals surface area (Å²) in [5.74, 6) is 0.704. The number of carbonyl (C=O) groups is 1. The molecule has 0 amide bonds. The number of carbonyl (C=O) groups excluding carboxylic acids is 1. The molecule has 1 aromatic heterocycles. The van der Waals surface area contributed by atoms with Gasteiger partial charge in [-0.2, -0.15) is 5.26 Å². The predicted molar refractivity (Wildman–Crippen MR) is 79.3 cm³/mol. The van der Waals surface area contributed by atoms with Crippen LogP contribution >= 0.6 is 27.5 Å². The second-order valence-electron chi connectivity index (χ2n) is 3.87. The molecule has 0 aliphatic carbocycles. The molecule has 5 nitrogen and oxygen atoms in total. The highest BCUT2D eigenvalue weighted by Crippen LogP contribution is 2.26. The number of nitrogens with zero attached hydrogens (tertiary/aromatic N) is 3. The molecule has 1 aromatic carbocycles. The van der Waals surface area contributed by atoms with Gasteiger partial charge in [0.05, 0.1) is 16.8 Å². The highest BCUT2D eigenvalue weighted by molar-refractivity contribution is 9.10. The molecule has 0 radical (unpaired) electrons. The number of halogens is 2. The summed E-state index contributed by atoms with van der Waals surface area (Å²) in [5.41, 5.74) is 1.11. The molecule has 0 aliphatic rings. The Labute approximate surface area is 128 Å². The molecule has 20 heavy (non-hydrogen) atoms. The summed E-state index contributed by atoms with van der Waals surface area (Å²) in [6.07, 6.45) is 0.578. The van der Waals surface area contributed by atoms with Gasteiger partial charge in [-0.05, 0) is 25.1 Å². The first-order valence-electron chi connectivity index (χ1n) is 5.51. The molecule has 1 N–H and O–H groups in total. The van der Waals surface area contributed by atoms with Gasteiger partial charge in [0.2, 0.25) is 0 Å². The zero-order valence-electron chi connectivity index (χ0n) is 10.3. The van der Waals surface area contributed by atoms with Crippen molar-refractivity contribution in [3.8, 4) is 6.07 Å². The number of hydrogen-bond donors (Lipinski definition) is 1. The predicted octanol–water partition coefficient (Wildman–Crippen LogP) is 3.63. The fourth-order valence-corrected chi connectivity index (χ4v) is 2.21. The van der Waals surface area contributed by atoms with Gasteiger partial charge in [-0.3, -0.25) is 4.79 Å². The first-order chi connectivity index (χ1) is 9.55. The lowest BCUT2D eigenvalue weighted by atomic mass is 10.2. The lowest BCUT2D eigenvalue weighted by Gasteiger charge is -2.11. The van der Waals surface area contributed by atoms with Gasteiger partial charge < -0.3 is 5.32 Å². The maximum atomic E-state index is 11.1. The van der Waals surface area contributed by atoms with Gasteiger partial charge in [-0.15, -0.1) is 0 Å². The standard InChI is InChI=1S/C13H8BrClN4O/c1-7-17-12(15)10(6-20)13(18-7)19-11-3-2-9(14)4-8(11)5-16/h2-4,6H,1H3,(H,17,18,19). The average molecular weight is 352 g/mol. The highest BCUT2D eigenvalue weighted by Gasteiger charge is 2.13. The molecule has 7 heteroatoms. The van der Waals surface area contributed by atoms with Crippen LogP contribution in [0.2, 0.25) is 5.15 Å². The largest absolute Gasteiger partial charge is 0.338 e. The zero-order chi connectivity index (χ0) is 14.7. The number of nitrogens with one attached hydrogen (secondary N) is 1. The molecule has 0 atom stereocenters. The Kier molecular flexibility index (Phi) is 4.32. The third-order valence-electron chi connectivity index (χ3n) is 2.48. The van der Waals surface area contributed by atoms with Crippen LogP contribution in [0.25, 0.3) is 0 Å². The van der Waals surface area contributed by atoms with Gasteiger partial charge in [0, 0.05) is 4.47 Å². The van der Waals surface area contributed by atoms with E-state index in [1.165, 1.54) is 0 Å². The van der Waals surface area contributed by atoms with Crippen molar-refractivity contribution in [2.24, 2.45) is 0 Å². The van der Waals surface area contributed by atoms with Crippen molar-refractivity contribution >= 4 is 45.3 Å². The Morgan fingerprint density at radius 2 is 2.20 bits per heavy atom. The summed E-state index contributed by atoms with van der Waals surface area (Å²) in [5, 5.41) is 12.1. The van der Waals surface area contributed by atoms with E-state index in [1.54, 1.807) is 25.1 Å². The van der Waals surface area contributed by atoms with Crippen LogP contribution < -0.4 is 5.32 Å². The van der Waals surface area contributed by atoms with Crippen molar-refractivity contribution < 1.29 is 4.79 Å². The summed E-state index contributed by atoms with van der Waals surface area (Å²) in [4.78, 5) is 19.1. The third-order valence-corrected chi connectivity index (χ3v) is 3.27. The number of aryl methyl sites for hydroxylation is 1. The number of benzene rings is 1. The van der Waals surface area contributed by atoms with Crippen molar-refractivity contribution in [2.75, 3.05) is 5.32 Å². The Bertz CT molecular complexity index is 727. The first kappa shape index (κ1) is 14.4. The molecule has 0 bridgehead atoms. The van der Waals surface area contributed by atoms with E-state index in [-0.39, 0.29) is 16.5 Å². The minimum atomic E-state index is 0.0746. The van der Waals surface area contributed by atoms with E-state index in [1.807, 2.05) is 0 Å². The summed E-state index contributed by atoms with van der Waals surface area (Å²) in [6, 6.07) is 7.22. The molecule has 0 aliphatic heterocycles. The van der Waals surface area contributed by atoms with Crippen molar-refractivity contribution in [1.82, 2.24) is 9.97 Å². The van der Waals surface area contributed by atoms with Gasteiger partial charge in [0.25, 0.3) is 0 Å². The van der Waals surface area contributed by atoms with Gasteiger partial charge >= 0.3 is 0 Å². The Morgan fingerprint density at radius 3 is 2.85 bits per heavy atom. The first-order valence-corrected chi connectivity index (χ1v) is 6.68. The van der Waals surface area contributed by atoms with Gasteiger partial charge in [-0.25, -0.2) is 9.97 Å². The Hall–Kier alpha value is -1.97. The van der Waals surface area contributed by atoms with E-state index in [0.29, 0.717) is 23.4 Å². The molecule has 0 spiro atoms. The second kappa shape index (κ2) is 5.99. The number of aldehydes is 1. The topological polar surface area (TPSA) is 78.7 Å². The van der Waals surface area contributed by atoms with Crippen LogP contribution in [0, 0.1) is 18.3 Å². The van der Waals surface area contributed by atoms with Crippen LogP contribution in [0.5, 0.6) is 0 Å². The highest BCUT2D eigenvalue weighted by atomic mass is 79.9. The number of nitriles is 1. The number of rotatable bonds is 3. The van der Waals surface area contributed by atoms with E-state index < -0.39 is 0 Å². The third kappa shape index (κ3) is 2.95.